The third kappa shape index (κ3) is 8.32. The number of hydrogen-bond acceptors (Lipinski definition) is 4. The van der Waals surface area contributed by atoms with Gasteiger partial charge in [-0.2, -0.15) is 0 Å². The average Bonchev–Trinajstić information content (AvgIpc) is 2.95. The Morgan fingerprint density at radius 2 is 2.00 bits per heavy atom. The van der Waals surface area contributed by atoms with E-state index >= 15 is 0 Å². The van der Waals surface area contributed by atoms with Crippen molar-refractivity contribution < 1.29 is 9.26 Å². The standard InChI is InChI=1S/C17H32N4O2.HI/c1-6-15-14(16(7-2)23-21-15)11-20-17(18-5)19-9-8-10-22-12-13(3)4;/h13H,6-12H2,1-5H3,(H2,18,19,20);1H. The van der Waals surface area contributed by atoms with E-state index in [-0.39, 0.29) is 24.0 Å². The van der Waals surface area contributed by atoms with E-state index in [2.05, 4.69) is 48.5 Å². The Kier molecular flexibility index (Phi) is 13.0. The average molecular weight is 452 g/mol. The predicted octanol–water partition coefficient (Wildman–Crippen LogP) is 3.15. The topological polar surface area (TPSA) is 71.7 Å². The van der Waals surface area contributed by atoms with Gasteiger partial charge in [0, 0.05) is 45.3 Å². The van der Waals surface area contributed by atoms with Gasteiger partial charge in [-0.3, -0.25) is 4.99 Å². The van der Waals surface area contributed by atoms with Crippen LogP contribution in [0.2, 0.25) is 0 Å². The van der Waals surface area contributed by atoms with E-state index in [9.17, 15) is 0 Å². The zero-order chi connectivity index (χ0) is 17.1. The number of ether oxygens (including phenoxy) is 1. The molecular formula is C17H33IN4O2. The first kappa shape index (κ1) is 23.2. The Hall–Kier alpha value is -0.830. The molecule has 2 N–H and O–H groups in total. The molecule has 1 rings (SSSR count). The molecule has 0 saturated carbocycles. The lowest BCUT2D eigenvalue weighted by atomic mass is 10.1. The summed E-state index contributed by atoms with van der Waals surface area (Å²) in [5.74, 6) is 2.33. The predicted molar refractivity (Wildman–Crippen MR) is 109 cm³/mol. The summed E-state index contributed by atoms with van der Waals surface area (Å²) < 4.78 is 10.9. The number of aromatic nitrogens is 1. The van der Waals surface area contributed by atoms with Crippen molar-refractivity contribution in [3.63, 3.8) is 0 Å². The summed E-state index contributed by atoms with van der Waals surface area (Å²) in [5.41, 5.74) is 2.17. The summed E-state index contributed by atoms with van der Waals surface area (Å²) >= 11 is 0. The Morgan fingerprint density at radius 3 is 2.58 bits per heavy atom. The summed E-state index contributed by atoms with van der Waals surface area (Å²) in [6, 6.07) is 0. The first-order valence-corrected chi connectivity index (χ1v) is 8.60. The molecule has 0 spiro atoms. The molecule has 0 atom stereocenters. The van der Waals surface area contributed by atoms with Gasteiger partial charge in [-0.1, -0.05) is 32.9 Å². The lowest BCUT2D eigenvalue weighted by Crippen LogP contribution is -2.37. The van der Waals surface area contributed by atoms with Crippen molar-refractivity contribution in [2.75, 3.05) is 26.8 Å². The number of guanidine groups is 1. The summed E-state index contributed by atoms with van der Waals surface area (Å²) in [6.07, 6.45) is 2.68. The van der Waals surface area contributed by atoms with Crippen LogP contribution >= 0.6 is 24.0 Å². The van der Waals surface area contributed by atoms with Crippen molar-refractivity contribution in [1.82, 2.24) is 15.8 Å². The summed E-state index contributed by atoms with van der Waals surface area (Å²) in [6.45, 7) is 11.6. The number of halogens is 1. The minimum Gasteiger partial charge on any atom is -0.381 e. The minimum atomic E-state index is 0. The zero-order valence-electron chi connectivity index (χ0n) is 15.6. The van der Waals surface area contributed by atoms with Crippen LogP contribution in [-0.2, 0) is 24.1 Å². The molecule has 6 nitrogen and oxygen atoms in total. The second-order valence-corrected chi connectivity index (χ2v) is 5.91. The summed E-state index contributed by atoms with van der Waals surface area (Å²) in [4.78, 5) is 4.25. The Bertz CT molecular complexity index is 454. The van der Waals surface area contributed by atoms with E-state index < -0.39 is 0 Å². The van der Waals surface area contributed by atoms with Gasteiger partial charge in [-0.15, -0.1) is 24.0 Å². The molecule has 0 fully saturated rings. The van der Waals surface area contributed by atoms with Gasteiger partial charge in [0.2, 0.25) is 0 Å². The van der Waals surface area contributed by atoms with Crippen molar-refractivity contribution in [2.45, 2.75) is 53.5 Å². The molecule has 0 aliphatic carbocycles. The first-order chi connectivity index (χ1) is 11.1. The Balaban J connectivity index is 0.00000529. The van der Waals surface area contributed by atoms with Crippen LogP contribution in [-0.4, -0.2) is 37.9 Å². The lowest BCUT2D eigenvalue weighted by molar-refractivity contribution is 0.108. The van der Waals surface area contributed by atoms with Gasteiger partial charge in [-0.05, 0) is 18.8 Å². The van der Waals surface area contributed by atoms with Gasteiger partial charge in [-0.25, -0.2) is 0 Å². The highest BCUT2D eigenvalue weighted by Crippen LogP contribution is 2.15. The van der Waals surface area contributed by atoms with Gasteiger partial charge >= 0.3 is 0 Å². The van der Waals surface area contributed by atoms with Crippen LogP contribution in [0.15, 0.2) is 9.52 Å². The molecular weight excluding hydrogens is 419 g/mol. The fraction of sp³-hybridized carbons (Fsp3) is 0.765. The van der Waals surface area contributed by atoms with Gasteiger partial charge in [0.25, 0.3) is 0 Å². The second-order valence-electron chi connectivity index (χ2n) is 5.91. The maximum atomic E-state index is 5.57. The Labute approximate surface area is 163 Å². The van der Waals surface area contributed by atoms with Crippen LogP contribution in [0, 0.1) is 5.92 Å². The zero-order valence-corrected chi connectivity index (χ0v) is 18.0. The number of aliphatic imine (C=N–C) groups is 1. The van der Waals surface area contributed by atoms with E-state index in [1.54, 1.807) is 7.05 Å². The highest BCUT2D eigenvalue weighted by atomic mass is 127. The van der Waals surface area contributed by atoms with Crippen LogP contribution in [0.4, 0.5) is 0 Å². The fourth-order valence-corrected chi connectivity index (χ4v) is 2.23. The third-order valence-electron chi connectivity index (χ3n) is 3.47. The van der Waals surface area contributed by atoms with E-state index in [1.807, 2.05) is 0 Å². The maximum absolute atomic E-state index is 5.57. The van der Waals surface area contributed by atoms with E-state index in [0.717, 1.165) is 62.0 Å². The lowest BCUT2D eigenvalue weighted by Gasteiger charge is -2.12. The molecule has 7 heteroatoms. The van der Waals surface area contributed by atoms with E-state index in [1.165, 1.54) is 0 Å². The molecule has 0 unspecified atom stereocenters. The number of nitrogens with zero attached hydrogens (tertiary/aromatic N) is 2. The highest BCUT2D eigenvalue weighted by Gasteiger charge is 2.13. The van der Waals surface area contributed by atoms with Crippen LogP contribution in [0.25, 0.3) is 0 Å². The largest absolute Gasteiger partial charge is 0.381 e. The molecule has 24 heavy (non-hydrogen) atoms. The Morgan fingerprint density at radius 1 is 1.25 bits per heavy atom. The van der Waals surface area contributed by atoms with Gasteiger partial charge < -0.3 is 19.9 Å². The fourth-order valence-electron chi connectivity index (χ4n) is 2.23. The van der Waals surface area contributed by atoms with Gasteiger partial charge in [0.05, 0.1) is 5.69 Å². The summed E-state index contributed by atoms with van der Waals surface area (Å²) in [7, 11) is 1.78. The van der Waals surface area contributed by atoms with Crippen molar-refractivity contribution in [1.29, 1.82) is 0 Å². The molecule has 140 valence electrons. The van der Waals surface area contributed by atoms with Crippen molar-refractivity contribution in [2.24, 2.45) is 10.9 Å². The smallest absolute Gasteiger partial charge is 0.191 e. The minimum absolute atomic E-state index is 0. The third-order valence-corrected chi connectivity index (χ3v) is 3.47. The number of nitrogens with one attached hydrogen (secondary N) is 2. The summed E-state index contributed by atoms with van der Waals surface area (Å²) in [5, 5.41) is 10.8. The monoisotopic (exact) mass is 452 g/mol. The molecule has 0 radical (unpaired) electrons. The molecule has 1 aromatic heterocycles. The van der Waals surface area contributed by atoms with Crippen molar-refractivity contribution >= 4 is 29.9 Å². The van der Waals surface area contributed by atoms with Crippen LogP contribution < -0.4 is 10.6 Å². The second kappa shape index (κ2) is 13.5. The molecule has 0 aliphatic rings. The van der Waals surface area contributed by atoms with Crippen LogP contribution in [0.3, 0.4) is 0 Å². The maximum Gasteiger partial charge on any atom is 0.191 e. The molecule has 1 heterocycles. The van der Waals surface area contributed by atoms with Crippen LogP contribution in [0.1, 0.15) is 51.1 Å². The molecule has 0 aromatic carbocycles. The molecule has 0 saturated heterocycles. The molecule has 1 aromatic rings. The quantitative estimate of drug-likeness (QED) is 0.247. The molecule has 0 amide bonds. The SMILES string of the molecule is CCc1noc(CC)c1CNC(=NC)NCCCOCC(C)C.I. The normalized spacial score (nSPS) is 11.5. The van der Waals surface area contributed by atoms with Crippen molar-refractivity contribution in [3.8, 4) is 0 Å². The molecule has 0 aliphatic heterocycles. The van der Waals surface area contributed by atoms with Crippen molar-refractivity contribution in [3.05, 3.63) is 17.0 Å². The first-order valence-electron chi connectivity index (χ1n) is 8.60. The van der Waals surface area contributed by atoms with Gasteiger partial charge in [0.1, 0.15) is 5.76 Å². The van der Waals surface area contributed by atoms with E-state index in [0.29, 0.717) is 12.5 Å². The van der Waals surface area contributed by atoms with E-state index in [4.69, 9.17) is 9.26 Å². The highest BCUT2D eigenvalue weighted by molar-refractivity contribution is 14.0. The van der Waals surface area contributed by atoms with Crippen LogP contribution in [0.5, 0.6) is 0 Å². The number of rotatable bonds is 10. The number of aryl methyl sites for hydroxylation is 2. The number of hydrogen-bond donors (Lipinski definition) is 2. The van der Waals surface area contributed by atoms with Gasteiger partial charge in [0.15, 0.2) is 5.96 Å². The molecule has 0 bridgehead atoms.